The first-order valence-corrected chi connectivity index (χ1v) is 4.77. The molecule has 0 fully saturated rings. The predicted octanol–water partition coefficient (Wildman–Crippen LogP) is 2.63. The van der Waals surface area contributed by atoms with Gasteiger partial charge in [-0.25, -0.2) is 0 Å². The number of nitrogens with one attached hydrogen (secondary N) is 1. The Morgan fingerprint density at radius 2 is 2.00 bits per heavy atom. The Hall–Kier alpha value is -0.290. The minimum Gasteiger partial charge on any atom is -0.385 e. The van der Waals surface area contributed by atoms with Gasteiger partial charge in [-0.2, -0.15) is 0 Å². The molecule has 0 spiro atoms. The average molecular weight is 276 g/mol. The summed E-state index contributed by atoms with van der Waals surface area (Å²) in [5, 5.41) is 12.0. The molecule has 65 valence electrons. The summed E-state index contributed by atoms with van der Waals surface area (Å²) in [6.45, 7) is 2.19. The molecule has 1 radical (unpaired) electrons. The molecule has 0 heterocycles. The van der Waals surface area contributed by atoms with E-state index in [0.717, 1.165) is 5.69 Å². The summed E-state index contributed by atoms with van der Waals surface area (Å²) in [7, 11) is 0. The molecule has 2 N–H and O–H groups in total. The number of anilines is 1. The van der Waals surface area contributed by atoms with Crippen molar-refractivity contribution in [1.29, 1.82) is 0 Å². The normalized spacial score (nSPS) is 10.3. The van der Waals surface area contributed by atoms with Crippen molar-refractivity contribution in [3.05, 3.63) is 33.9 Å². The van der Waals surface area contributed by atoms with Crippen LogP contribution >= 0.6 is 22.6 Å². The van der Waals surface area contributed by atoms with E-state index in [9.17, 15) is 0 Å². The molecule has 0 saturated heterocycles. The van der Waals surface area contributed by atoms with Gasteiger partial charge >= 0.3 is 0 Å². The molecule has 2 nitrogen and oxygen atoms in total. The first-order chi connectivity index (χ1) is 5.68. The van der Waals surface area contributed by atoms with E-state index in [1.165, 1.54) is 3.57 Å². The van der Waals surface area contributed by atoms with Crippen molar-refractivity contribution in [3.8, 4) is 0 Å². The van der Waals surface area contributed by atoms with Crippen LogP contribution in [0, 0.1) is 9.67 Å². The summed E-state index contributed by atoms with van der Waals surface area (Å²) < 4.78 is 1.21. The van der Waals surface area contributed by atoms with Gasteiger partial charge < -0.3 is 10.4 Å². The Labute approximate surface area is 86.1 Å². The van der Waals surface area contributed by atoms with E-state index in [-0.39, 0.29) is 0 Å². The molecular weight excluding hydrogens is 265 g/mol. The Morgan fingerprint density at radius 1 is 1.42 bits per heavy atom. The summed E-state index contributed by atoms with van der Waals surface area (Å²) in [6, 6.07) is 8.03. The third-order valence-corrected chi connectivity index (χ3v) is 2.11. The number of rotatable bonds is 3. The highest BCUT2D eigenvalue weighted by molar-refractivity contribution is 14.1. The second-order valence-electron chi connectivity index (χ2n) is 2.60. The number of halogens is 1. The molecule has 3 heteroatoms. The fourth-order valence-electron chi connectivity index (χ4n) is 0.798. The van der Waals surface area contributed by atoms with Crippen LogP contribution in [0.25, 0.3) is 0 Å². The highest BCUT2D eigenvalue weighted by atomic mass is 127. The highest BCUT2D eigenvalue weighted by Gasteiger charge is 1.95. The van der Waals surface area contributed by atoms with Gasteiger partial charge in [0.2, 0.25) is 0 Å². The van der Waals surface area contributed by atoms with Gasteiger partial charge in [-0.15, -0.1) is 0 Å². The maximum absolute atomic E-state index is 8.92. The van der Waals surface area contributed by atoms with Crippen LogP contribution in [0.3, 0.4) is 0 Å². The lowest BCUT2D eigenvalue weighted by Gasteiger charge is -2.06. The van der Waals surface area contributed by atoms with Crippen molar-refractivity contribution in [1.82, 2.24) is 0 Å². The van der Waals surface area contributed by atoms with Gasteiger partial charge in [0.05, 0.1) is 0 Å². The lowest BCUT2D eigenvalue weighted by Crippen LogP contribution is -2.08. The van der Waals surface area contributed by atoms with Crippen molar-refractivity contribution in [3.63, 3.8) is 0 Å². The molecule has 0 amide bonds. The van der Waals surface area contributed by atoms with Crippen LogP contribution in [0.4, 0.5) is 5.69 Å². The Balaban J connectivity index is 2.48. The lowest BCUT2D eigenvalue weighted by atomic mass is 10.3. The highest BCUT2D eigenvalue weighted by Crippen LogP contribution is 2.11. The molecule has 1 rings (SSSR count). The predicted molar refractivity (Wildman–Crippen MR) is 58.5 cm³/mol. The van der Waals surface area contributed by atoms with E-state index in [0.29, 0.717) is 12.6 Å². The van der Waals surface area contributed by atoms with E-state index < -0.39 is 0 Å². The molecule has 0 bridgehead atoms. The van der Waals surface area contributed by atoms with Crippen molar-refractivity contribution in [2.24, 2.45) is 0 Å². The smallest absolute Gasteiger partial charge is 0.109 e. The van der Waals surface area contributed by atoms with Crippen LogP contribution < -0.4 is 5.32 Å². The molecule has 0 aromatic heterocycles. The summed E-state index contributed by atoms with van der Waals surface area (Å²) in [5.41, 5.74) is 1.03. The van der Waals surface area contributed by atoms with E-state index in [2.05, 4.69) is 27.9 Å². The number of hydrogen-bond donors (Lipinski definition) is 2. The van der Waals surface area contributed by atoms with Crippen LogP contribution in [0.2, 0.25) is 0 Å². The molecule has 0 aliphatic rings. The molecule has 1 aromatic carbocycles. The fourth-order valence-corrected chi connectivity index (χ4v) is 1.16. The van der Waals surface area contributed by atoms with Gasteiger partial charge in [-0.05, 0) is 53.8 Å². The topological polar surface area (TPSA) is 32.3 Å². The molecule has 0 unspecified atom stereocenters. The van der Waals surface area contributed by atoms with E-state index >= 15 is 0 Å². The molecular formula is C9H11INO. The molecule has 0 saturated carbocycles. The van der Waals surface area contributed by atoms with Gasteiger partial charge in [0.25, 0.3) is 0 Å². The molecule has 0 aliphatic heterocycles. The number of benzene rings is 1. The zero-order valence-electron chi connectivity index (χ0n) is 6.84. The van der Waals surface area contributed by atoms with Crippen LogP contribution in [0.5, 0.6) is 0 Å². The van der Waals surface area contributed by atoms with Crippen LogP contribution in [0.15, 0.2) is 24.3 Å². The SMILES string of the molecule is C[C](O)CNc1ccc(I)cc1. The molecule has 0 aliphatic carbocycles. The van der Waals surface area contributed by atoms with Gasteiger partial charge in [-0.3, -0.25) is 0 Å². The minimum atomic E-state index is 0.397. The second kappa shape index (κ2) is 4.67. The Morgan fingerprint density at radius 3 is 2.50 bits per heavy atom. The summed E-state index contributed by atoms with van der Waals surface area (Å²) in [5.74, 6) is 0. The van der Waals surface area contributed by atoms with Gasteiger partial charge in [0.15, 0.2) is 0 Å². The number of aliphatic hydroxyl groups is 1. The largest absolute Gasteiger partial charge is 0.385 e. The van der Waals surface area contributed by atoms with Crippen molar-refractivity contribution < 1.29 is 5.11 Å². The maximum Gasteiger partial charge on any atom is 0.109 e. The zero-order valence-corrected chi connectivity index (χ0v) is 9.00. The first kappa shape index (κ1) is 9.80. The average Bonchev–Trinajstić information content (AvgIpc) is 2.03. The third kappa shape index (κ3) is 3.40. The quantitative estimate of drug-likeness (QED) is 0.832. The standard InChI is InChI=1S/C9H11INO/c1-7(12)6-11-9-4-2-8(10)3-5-9/h2-5,11-12H,6H2,1H3. The Kier molecular flexibility index (Phi) is 3.81. The monoisotopic (exact) mass is 276 g/mol. The first-order valence-electron chi connectivity index (χ1n) is 3.69. The van der Waals surface area contributed by atoms with Crippen LogP contribution in [-0.4, -0.2) is 11.7 Å². The van der Waals surface area contributed by atoms with Gasteiger partial charge in [0.1, 0.15) is 6.10 Å². The van der Waals surface area contributed by atoms with Crippen molar-refractivity contribution >= 4 is 28.3 Å². The van der Waals surface area contributed by atoms with Gasteiger partial charge in [0, 0.05) is 15.8 Å². The van der Waals surface area contributed by atoms with E-state index in [1.54, 1.807) is 6.92 Å². The van der Waals surface area contributed by atoms with E-state index in [1.807, 2.05) is 24.3 Å². The molecule has 0 atom stereocenters. The maximum atomic E-state index is 8.92. The summed E-state index contributed by atoms with van der Waals surface area (Å²) >= 11 is 2.26. The van der Waals surface area contributed by atoms with Crippen LogP contribution in [-0.2, 0) is 0 Å². The van der Waals surface area contributed by atoms with Crippen LogP contribution in [0.1, 0.15) is 6.92 Å². The minimum absolute atomic E-state index is 0.397. The second-order valence-corrected chi connectivity index (χ2v) is 3.84. The zero-order chi connectivity index (χ0) is 8.97. The number of hydrogen-bond acceptors (Lipinski definition) is 2. The van der Waals surface area contributed by atoms with Gasteiger partial charge in [-0.1, -0.05) is 0 Å². The summed E-state index contributed by atoms with van der Waals surface area (Å²) in [4.78, 5) is 0. The molecule has 1 aromatic rings. The van der Waals surface area contributed by atoms with Crippen molar-refractivity contribution in [2.45, 2.75) is 6.92 Å². The molecule has 12 heavy (non-hydrogen) atoms. The summed E-state index contributed by atoms with van der Waals surface area (Å²) in [6.07, 6.45) is 0.397. The third-order valence-electron chi connectivity index (χ3n) is 1.39. The van der Waals surface area contributed by atoms with Crippen molar-refractivity contribution in [2.75, 3.05) is 11.9 Å². The lowest BCUT2D eigenvalue weighted by molar-refractivity contribution is 0.318. The number of aliphatic hydroxyl groups excluding tert-OH is 1. The fraction of sp³-hybridized carbons (Fsp3) is 0.222. The van der Waals surface area contributed by atoms with E-state index in [4.69, 9.17) is 5.11 Å². The Bertz CT molecular complexity index is 233.